The zero-order valence-electron chi connectivity index (χ0n) is 12.7. The summed E-state index contributed by atoms with van der Waals surface area (Å²) in [6.07, 6.45) is 6.55. The molecule has 2 N–H and O–H groups in total. The van der Waals surface area contributed by atoms with Gasteiger partial charge in [-0.2, -0.15) is 0 Å². The standard InChI is InChI=1S/C15H31N3/c1-5-12(2)10-17(3)15(11-16)8-13-6-7-14(9-15)18(13)4/h12-14H,5-11,16H2,1-4H3. The quantitative estimate of drug-likeness (QED) is 0.812. The van der Waals surface area contributed by atoms with Crippen molar-refractivity contribution in [1.82, 2.24) is 9.80 Å². The average molecular weight is 253 g/mol. The first-order valence-electron chi connectivity index (χ1n) is 7.65. The summed E-state index contributed by atoms with van der Waals surface area (Å²) in [4.78, 5) is 5.19. The largest absolute Gasteiger partial charge is 0.329 e. The molecule has 0 aliphatic carbocycles. The summed E-state index contributed by atoms with van der Waals surface area (Å²) in [6, 6.07) is 1.54. The highest BCUT2D eigenvalue weighted by atomic mass is 15.3. The molecule has 106 valence electrons. The predicted molar refractivity (Wildman–Crippen MR) is 77.7 cm³/mol. The van der Waals surface area contributed by atoms with E-state index in [-0.39, 0.29) is 5.54 Å². The molecule has 3 heteroatoms. The Bertz CT molecular complexity index is 265. The topological polar surface area (TPSA) is 32.5 Å². The van der Waals surface area contributed by atoms with Crippen LogP contribution in [0, 0.1) is 5.92 Å². The molecule has 0 aromatic heterocycles. The third-order valence-corrected chi connectivity index (χ3v) is 5.69. The van der Waals surface area contributed by atoms with Crippen LogP contribution >= 0.6 is 0 Å². The van der Waals surface area contributed by atoms with Crippen molar-refractivity contribution in [2.24, 2.45) is 11.7 Å². The van der Waals surface area contributed by atoms with Crippen LogP contribution in [0.2, 0.25) is 0 Å². The smallest absolute Gasteiger partial charge is 0.0358 e. The average Bonchev–Trinajstić information content (AvgIpc) is 2.61. The fourth-order valence-electron chi connectivity index (χ4n) is 3.97. The highest BCUT2D eigenvalue weighted by Crippen LogP contribution is 2.42. The molecule has 3 atom stereocenters. The van der Waals surface area contributed by atoms with Gasteiger partial charge in [-0.15, -0.1) is 0 Å². The normalized spacial score (nSPS) is 38.3. The third-order valence-electron chi connectivity index (χ3n) is 5.69. The van der Waals surface area contributed by atoms with Gasteiger partial charge in [-0.25, -0.2) is 0 Å². The van der Waals surface area contributed by atoms with E-state index >= 15 is 0 Å². The maximum Gasteiger partial charge on any atom is 0.0358 e. The first-order chi connectivity index (χ1) is 8.52. The minimum Gasteiger partial charge on any atom is -0.329 e. The Morgan fingerprint density at radius 2 is 1.89 bits per heavy atom. The molecular weight excluding hydrogens is 222 g/mol. The summed E-state index contributed by atoms with van der Waals surface area (Å²) in [6.45, 7) is 6.65. The van der Waals surface area contributed by atoms with Gasteiger partial charge in [0.25, 0.3) is 0 Å². The molecule has 2 rings (SSSR count). The van der Waals surface area contributed by atoms with E-state index in [1.165, 1.54) is 38.6 Å². The maximum absolute atomic E-state index is 6.19. The van der Waals surface area contributed by atoms with E-state index in [2.05, 4.69) is 37.7 Å². The van der Waals surface area contributed by atoms with Crippen LogP contribution in [0.5, 0.6) is 0 Å². The third kappa shape index (κ3) is 2.45. The lowest BCUT2D eigenvalue weighted by Gasteiger charge is -2.50. The molecule has 2 aliphatic heterocycles. The lowest BCUT2D eigenvalue weighted by Crippen LogP contribution is -2.61. The van der Waals surface area contributed by atoms with Crippen LogP contribution in [0.4, 0.5) is 0 Å². The molecule has 0 spiro atoms. The Balaban J connectivity index is 2.07. The Hall–Kier alpha value is -0.120. The number of fused-ring (bicyclic) bond motifs is 2. The number of hydrogen-bond donors (Lipinski definition) is 1. The molecule has 3 unspecified atom stereocenters. The van der Waals surface area contributed by atoms with Crippen LogP contribution in [0.15, 0.2) is 0 Å². The molecule has 0 saturated carbocycles. The maximum atomic E-state index is 6.19. The summed E-state index contributed by atoms with van der Waals surface area (Å²) in [7, 11) is 4.60. The molecule has 2 fully saturated rings. The van der Waals surface area contributed by atoms with Gasteiger partial charge in [0.15, 0.2) is 0 Å². The first kappa shape index (κ1) is 14.3. The monoisotopic (exact) mass is 253 g/mol. The summed E-state index contributed by atoms with van der Waals surface area (Å²) in [5, 5.41) is 0. The molecular formula is C15H31N3. The van der Waals surface area contributed by atoms with E-state index in [0.717, 1.165) is 24.5 Å². The van der Waals surface area contributed by atoms with Crippen molar-refractivity contribution in [1.29, 1.82) is 0 Å². The summed E-state index contributed by atoms with van der Waals surface area (Å²) in [5.41, 5.74) is 6.46. The fraction of sp³-hybridized carbons (Fsp3) is 1.00. The molecule has 0 aromatic carbocycles. The lowest BCUT2D eigenvalue weighted by atomic mass is 9.81. The number of piperidine rings is 1. The second kappa shape index (κ2) is 5.48. The summed E-state index contributed by atoms with van der Waals surface area (Å²) >= 11 is 0. The Kier molecular flexibility index (Phi) is 4.35. The molecule has 2 saturated heterocycles. The number of rotatable bonds is 5. The minimum atomic E-state index is 0.266. The zero-order chi connectivity index (χ0) is 13.3. The molecule has 0 aromatic rings. The Morgan fingerprint density at radius 1 is 1.33 bits per heavy atom. The second-order valence-corrected chi connectivity index (χ2v) is 6.78. The number of nitrogens with two attached hydrogens (primary N) is 1. The van der Waals surface area contributed by atoms with E-state index in [9.17, 15) is 0 Å². The van der Waals surface area contributed by atoms with Gasteiger partial charge in [0, 0.05) is 30.7 Å². The molecule has 0 amide bonds. The van der Waals surface area contributed by atoms with Crippen molar-refractivity contribution < 1.29 is 0 Å². The van der Waals surface area contributed by atoms with Crippen LogP contribution in [0.1, 0.15) is 46.0 Å². The van der Waals surface area contributed by atoms with Crippen LogP contribution in [0.3, 0.4) is 0 Å². The van der Waals surface area contributed by atoms with Crippen LogP contribution in [-0.2, 0) is 0 Å². The Labute approximate surface area is 113 Å². The second-order valence-electron chi connectivity index (χ2n) is 6.78. The van der Waals surface area contributed by atoms with Gasteiger partial charge < -0.3 is 10.6 Å². The van der Waals surface area contributed by atoms with Crippen molar-refractivity contribution >= 4 is 0 Å². The minimum absolute atomic E-state index is 0.266. The van der Waals surface area contributed by atoms with Crippen molar-refractivity contribution in [3.8, 4) is 0 Å². The first-order valence-corrected chi connectivity index (χ1v) is 7.65. The van der Waals surface area contributed by atoms with Crippen LogP contribution in [-0.4, -0.2) is 54.6 Å². The SMILES string of the molecule is CCC(C)CN(C)C1(CN)CC2CCC(C1)N2C. The van der Waals surface area contributed by atoms with Crippen molar-refractivity contribution in [3.05, 3.63) is 0 Å². The van der Waals surface area contributed by atoms with E-state index in [1.807, 2.05) is 0 Å². The fourth-order valence-corrected chi connectivity index (χ4v) is 3.97. The summed E-state index contributed by atoms with van der Waals surface area (Å²) < 4.78 is 0. The number of hydrogen-bond acceptors (Lipinski definition) is 3. The lowest BCUT2D eigenvalue weighted by molar-refractivity contribution is 0.00926. The molecule has 2 heterocycles. The summed E-state index contributed by atoms with van der Waals surface area (Å²) in [5.74, 6) is 0.774. The van der Waals surface area contributed by atoms with Crippen LogP contribution in [0.25, 0.3) is 0 Å². The molecule has 0 radical (unpaired) electrons. The van der Waals surface area contributed by atoms with Gasteiger partial charge in [0.1, 0.15) is 0 Å². The van der Waals surface area contributed by atoms with Gasteiger partial charge in [-0.05, 0) is 45.7 Å². The van der Waals surface area contributed by atoms with Crippen molar-refractivity contribution in [2.45, 2.75) is 63.6 Å². The highest BCUT2D eigenvalue weighted by Gasteiger charge is 2.48. The van der Waals surface area contributed by atoms with E-state index in [1.54, 1.807) is 0 Å². The van der Waals surface area contributed by atoms with Crippen LogP contribution < -0.4 is 5.73 Å². The molecule has 2 bridgehead atoms. The van der Waals surface area contributed by atoms with E-state index in [0.29, 0.717) is 0 Å². The van der Waals surface area contributed by atoms with Gasteiger partial charge in [0.05, 0.1) is 0 Å². The van der Waals surface area contributed by atoms with E-state index in [4.69, 9.17) is 5.73 Å². The van der Waals surface area contributed by atoms with E-state index < -0.39 is 0 Å². The number of nitrogens with zero attached hydrogens (tertiary/aromatic N) is 2. The van der Waals surface area contributed by atoms with Gasteiger partial charge >= 0.3 is 0 Å². The molecule has 3 nitrogen and oxygen atoms in total. The predicted octanol–water partition coefficient (Wildman–Crippen LogP) is 1.92. The van der Waals surface area contributed by atoms with Crippen molar-refractivity contribution in [3.63, 3.8) is 0 Å². The highest BCUT2D eigenvalue weighted by molar-refractivity contribution is 5.06. The van der Waals surface area contributed by atoms with Gasteiger partial charge in [0.2, 0.25) is 0 Å². The molecule has 18 heavy (non-hydrogen) atoms. The van der Waals surface area contributed by atoms with Gasteiger partial charge in [-0.3, -0.25) is 4.90 Å². The number of likely N-dealkylation sites (N-methyl/N-ethyl adjacent to an activating group) is 1. The zero-order valence-corrected chi connectivity index (χ0v) is 12.7. The Morgan fingerprint density at radius 3 is 2.33 bits per heavy atom. The van der Waals surface area contributed by atoms with Crippen molar-refractivity contribution in [2.75, 3.05) is 27.2 Å². The van der Waals surface area contributed by atoms with Gasteiger partial charge in [-0.1, -0.05) is 20.3 Å². The molecule has 2 aliphatic rings.